The van der Waals surface area contributed by atoms with Crippen LogP contribution >= 0.6 is 0 Å². The van der Waals surface area contributed by atoms with Crippen LogP contribution in [0, 0.1) is 12.0 Å². The van der Waals surface area contributed by atoms with Crippen molar-refractivity contribution in [3.63, 3.8) is 0 Å². The Kier molecular flexibility index (Phi) is 5.71. The molecule has 1 unspecified atom stereocenters. The molecule has 1 atom stereocenters. The number of nitrogens with two attached hydrogens (primary N) is 1. The van der Waals surface area contributed by atoms with Gasteiger partial charge in [-0.25, -0.2) is 0 Å². The maximum absolute atomic E-state index is 10.6. The van der Waals surface area contributed by atoms with Crippen LogP contribution in [0.15, 0.2) is 0 Å². The van der Waals surface area contributed by atoms with Crippen molar-refractivity contribution in [3.8, 4) is 0 Å². The summed E-state index contributed by atoms with van der Waals surface area (Å²) in [6.07, 6.45) is 1.61. The Morgan fingerprint density at radius 1 is 1.38 bits per heavy atom. The van der Waals surface area contributed by atoms with Crippen molar-refractivity contribution >= 4 is 5.97 Å². The number of carbonyl (C=O) groups excluding carboxylic acids is 1. The molecule has 0 aromatic rings. The van der Waals surface area contributed by atoms with Crippen molar-refractivity contribution < 1.29 is 9.53 Å². The molecule has 0 aliphatic rings. The summed E-state index contributed by atoms with van der Waals surface area (Å²) < 4.78 is 4.94. The highest BCUT2D eigenvalue weighted by Crippen LogP contribution is 2.14. The van der Waals surface area contributed by atoms with E-state index in [4.69, 9.17) is 10.5 Å². The van der Waals surface area contributed by atoms with Crippen LogP contribution in [-0.2, 0) is 9.53 Å². The predicted molar refractivity (Wildman–Crippen MR) is 52.7 cm³/mol. The summed E-state index contributed by atoms with van der Waals surface area (Å²) in [7, 11) is 0. The van der Waals surface area contributed by atoms with Gasteiger partial charge in [0.1, 0.15) is 6.10 Å². The average Bonchev–Trinajstić information content (AvgIpc) is 1.98. The first-order valence-corrected chi connectivity index (χ1v) is 4.72. The van der Waals surface area contributed by atoms with Crippen molar-refractivity contribution in [2.45, 2.75) is 46.6 Å². The van der Waals surface area contributed by atoms with E-state index < -0.39 is 0 Å². The molecule has 2 N–H and O–H groups in total. The van der Waals surface area contributed by atoms with Gasteiger partial charge in [0.15, 0.2) is 0 Å². The summed E-state index contributed by atoms with van der Waals surface area (Å²) >= 11 is 0. The Bertz CT molecular complexity index is 157. The zero-order valence-electron chi connectivity index (χ0n) is 8.96. The Labute approximate surface area is 80.6 Å². The van der Waals surface area contributed by atoms with Gasteiger partial charge in [0.25, 0.3) is 0 Å². The topological polar surface area (TPSA) is 52.3 Å². The van der Waals surface area contributed by atoms with E-state index in [9.17, 15) is 4.79 Å². The molecule has 0 rings (SSSR count). The molecule has 0 fully saturated rings. The molecule has 0 heterocycles. The van der Waals surface area contributed by atoms with Gasteiger partial charge in [0.2, 0.25) is 0 Å². The van der Waals surface area contributed by atoms with Crippen LogP contribution in [0.25, 0.3) is 0 Å². The van der Waals surface area contributed by atoms with Gasteiger partial charge < -0.3 is 10.5 Å². The third-order valence-electron chi connectivity index (χ3n) is 1.88. The fourth-order valence-corrected chi connectivity index (χ4v) is 0.983. The second kappa shape index (κ2) is 5.97. The molecule has 0 saturated carbocycles. The first-order valence-electron chi connectivity index (χ1n) is 4.72. The van der Waals surface area contributed by atoms with E-state index in [1.807, 2.05) is 0 Å². The van der Waals surface area contributed by atoms with Gasteiger partial charge in [-0.15, -0.1) is 0 Å². The molecule has 0 aromatic heterocycles. The number of hydrogen-bond acceptors (Lipinski definition) is 3. The lowest BCUT2D eigenvalue weighted by molar-refractivity contribution is -0.144. The van der Waals surface area contributed by atoms with E-state index in [0.717, 1.165) is 18.9 Å². The summed E-state index contributed by atoms with van der Waals surface area (Å²) in [6.45, 7) is 7.48. The number of hydrogen-bond donors (Lipinski definition) is 1. The Morgan fingerprint density at radius 2 is 1.92 bits per heavy atom. The minimum absolute atomic E-state index is 0.253. The smallest absolute Gasteiger partial charge is 0.302 e. The van der Waals surface area contributed by atoms with Crippen LogP contribution in [0.1, 0.15) is 40.5 Å². The minimum atomic E-state index is -0.278. The average molecular weight is 186 g/mol. The number of ether oxygens (including phenoxy) is 1. The van der Waals surface area contributed by atoms with Crippen LogP contribution in [-0.4, -0.2) is 12.1 Å². The van der Waals surface area contributed by atoms with Crippen molar-refractivity contribution in [2.75, 3.05) is 0 Å². The van der Waals surface area contributed by atoms with Crippen molar-refractivity contribution in [1.29, 1.82) is 0 Å². The molecule has 3 heteroatoms. The van der Waals surface area contributed by atoms with Crippen LogP contribution in [0.5, 0.6) is 0 Å². The lowest BCUT2D eigenvalue weighted by Crippen LogP contribution is -2.28. The molecule has 0 aliphatic carbocycles. The molecule has 0 amide bonds. The van der Waals surface area contributed by atoms with E-state index in [1.54, 1.807) is 6.92 Å². The normalized spacial score (nSPS) is 13.5. The zero-order valence-corrected chi connectivity index (χ0v) is 8.96. The first kappa shape index (κ1) is 12.4. The molecule has 0 spiro atoms. The van der Waals surface area contributed by atoms with Crippen LogP contribution in [0.2, 0.25) is 0 Å². The fraction of sp³-hybridized carbons (Fsp3) is 0.800. The summed E-state index contributed by atoms with van der Waals surface area (Å²) in [6, 6.07) is 0.754. The largest absolute Gasteiger partial charge is 0.461 e. The minimum Gasteiger partial charge on any atom is -0.461 e. The molecule has 0 bridgehead atoms. The summed E-state index contributed by atoms with van der Waals surface area (Å²) in [5.74, 6) is 0.350. The van der Waals surface area contributed by atoms with Gasteiger partial charge in [-0.05, 0) is 25.7 Å². The van der Waals surface area contributed by atoms with Gasteiger partial charge >= 0.3 is 5.97 Å². The van der Waals surface area contributed by atoms with E-state index in [1.165, 1.54) is 6.92 Å². The quantitative estimate of drug-likeness (QED) is 0.667. The maximum atomic E-state index is 10.6. The third-order valence-corrected chi connectivity index (χ3v) is 1.88. The van der Waals surface area contributed by atoms with Crippen molar-refractivity contribution in [3.05, 3.63) is 6.04 Å². The lowest BCUT2D eigenvalue weighted by atomic mass is 10.0. The lowest BCUT2D eigenvalue weighted by Gasteiger charge is -2.19. The van der Waals surface area contributed by atoms with Gasteiger partial charge in [-0.2, -0.15) is 0 Å². The first-order chi connectivity index (χ1) is 5.93. The highest BCUT2D eigenvalue weighted by Gasteiger charge is 2.16. The maximum Gasteiger partial charge on any atom is 0.302 e. The second-order valence-corrected chi connectivity index (χ2v) is 3.76. The molecule has 13 heavy (non-hydrogen) atoms. The van der Waals surface area contributed by atoms with Gasteiger partial charge in [-0.3, -0.25) is 4.79 Å². The molecule has 77 valence electrons. The van der Waals surface area contributed by atoms with Crippen molar-refractivity contribution in [1.82, 2.24) is 0 Å². The Balaban J connectivity index is 3.68. The van der Waals surface area contributed by atoms with Crippen LogP contribution < -0.4 is 5.73 Å². The monoisotopic (exact) mass is 186 g/mol. The second-order valence-electron chi connectivity index (χ2n) is 3.76. The molecule has 0 aromatic carbocycles. The summed E-state index contributed by atoms with van der Waals surface area (Å²) in [5, 5.41) is 0. The molecular formula is C10H20NO2. The Hall–Kier alpha value is -0.570. The summed E-state index contributed by atoms with van der Waals surface area (Å²) in [5.41, 5.74) is 5.75. The van der Waals surface area contributed by atoms with Crippen molar-refractivity contribution in [2.24, 2.45) is 11.7 Å². The van der Waals surface area contributed by atoms with Gasteiger partial charge in [0, 0.05) is 6.92 Å². The predicted octanol–water partition coefficient (Wildman–Crippen LogP) is 1.86. The van der Waals surface area contributed by atoms with E-state index >= 15 is 0 Å². The fourth-order valence-electron chi connectivity index (χ4n) is 0.983. The summed E-state index contributed by atoms with van der Waals surface area (Å²) in [4.78, 5) is 10.6. The van der Waals surface area contributed by atoms with Gasteiger partial charge in [-0.1, -0.05) is 13.8 Å². The van der Waals surface area contributed by atoms with E-state index in [-0.39, 0.29) is 12.1 Å². The highest BCUT2D eigenvalue weighted by atomic mass is 16.5. The van der Waals surface area contributed by atoms with E-state index in [0.29, 0.717) is 5.92 Å². The molecule has 3 nitrogen and oxygen atoms in total. The number of carbonyl (C=O) groups is 1. The van der Waals surface area contributed by atoms with Crippen LogP contribution in [0.4, 0.5) is 0 Å². The molecular weight excluding hydrogens is 166 g/mol. The Morgan fingerprint density at radius 3 is 2.31 bits per heavy atom. The van der Waals surface area contributed by atoms with Gasteiger partial charge in [0.05, 0.1) is 6.04 Å². The van der Waals surface area contributed by atoms with Crippen LogP contribution in [0.3, 0.4) is 0 Å². The highest BCUT2D eigenvalue weighted by molar-refractivity contribution is 5.66. The standard InChI is InChI=1S/C10H20NO2/c1-7(2)5-6-10(11)8(3)13-9(4)12/h7-8H,5-6,11H2,1-4H3. The molecule has 0 aliphatic heterocycles. The third kappa shape index (κ3) is 6.58. The number of esters is 1. The molecule has 0 saturated heterocycles. The molecule has 1 radical (unpaired) electrons. The van der Waals surface area contributed by atoms with E-state index in [2.05, 4.69) is 13.8 Å². The zero-order chi connectivity index (χ0) is 10.4. The SMILES string of the molecule is CC(=O)OC(C)[C](N)CCC(C)C. The number of rotatable bonds is 5.